The first-order valence-corrected chi connectivity index (χ1v) is 18.1. The van der Waals surface area contributed by atoms with Gasteiger partial charge in [0.15, 0.2) is 6.10 Å². The van der Waals surface area contributed by atoms with Crippen molar-refractivity contribution >= 4 is 19.8 Å². The van der Waals surface area contributed by atoms with E-state index in [2.05, 4.69) is 79.1 Å². The monoisotopic (exact) mass is 638 g/mol. The van der Waals surface area contributed by atoms with Crippen LogP contribution in [-0.4, -0.2) is 41.0 Å². The fourth-order valence-electron chi connectivity index (χ4n) is 4.05. The summed E-state index contributed by atoms with van der Waals surface area (Å²) in [6, 6.07) is 0. The van der Waals surface area contributed by atoms with E-state index in [9.17, 15) is 14.2 Å². The molecule has 0 amide bonds. The number of rotatable bonds is 29. The van der Waals surface area contributed by atoms with Crippen LogP contribution < -0.4 is 0 Å². The fourth-order valence-corrected chi connectivity index (χ4v) is 4.41. The zero-order chi connectivity index (χ0) is 32.6. The van der Waals surface area contributed by atoms with Crippen molar-refractivity contribution in [3.8, 4) is 0 Å². The van der Waals surface area contributed by atoms with Crippen LogP contribution in [0.4, 0.5) is 0 Å². The van der Waals surface area contributed by atoms with Gasteiger partial charge in [-0.1, -0.05) is 107 Å². The molecule has 0 aliphatic rings. The summed E-state index contributed by atoms with van der Waals surface area (Å²) in [5.74, 6) is -0.954. The summed E-state index contributed by atoms with van der Waals surface area (Å²) in [7, 11) is -4.76. The second-order valence-electron chi connectivity index (χ2n) is 10.7. The summed E-state index contributed by atoms with van der Waals surface area (Å²) in [5.41, 5.74) is 0. The molecule has 0 heterocycles. The maximum absolute atomic E-state index is 12.3. The topological polar surface area (TPSA) is 119 Å². The molecule has 0 bridgehead atoms. The van der Waals surface area contributed by atoms with Crippen LogP contribution in [-0.2, 0) is 28.2 Å². The van der Waals surface area contributed by atoms with E-state index in [1.54, 1.807) is 0 Å². The molecule has 0 rings (SSSR count). The lowest BCUT2D eigenvalue weighted by atomic mass is 10.1. The third-order valence-electron chi connectivity index (χ3n) is 6.52. The van der Waals surface area contributed by atoms with Crippen LogP contribution in [0, 0.1) is 0 Å². The van der Waals surface area contributed by atoms with Crippen LogP contribution in [0.25, 0.3) is 0 Å². The molecule has 0 unspecified atom stereocenters. The molecule has 0 fully saturated rings. The Labute approximate surface area is 267 Å². The molecule has 8 nitrogen and oxygen atoms in total. The number of unbranched alkanes of at least 4 members (excludes halogenated alkanes) is 9. The minimum atomic E-state index is -4.76. The van der Waals surface area contributed by atoms with E-state index in [0.29, 0.717) is 12.8 Å². The summed E-state index contributed by atoms with van der Waals surface area (Å²) < 4.78 is 26.1. The van der Waals surface area contributed by atoms with E-state index in [1.165, 1.54) is 12.8 Å². The molecule has 0 aromatic rings. The third kappa shape index (κ3) is 32.7. The minimum absolute atomic E-state index is 0.189. The summed E-state index contributed by atoms with van der Waals surface area (Å²) in [4.78, 5) is 42.5. The molecule has 9 heteroatoms. The smallest absolute Gasteiger partial charge is 0.462 e. The SMILES string of the molecule is CC/C=C/C/C=C/C/C=C/C/C=C/CCCCC(=O)OC[C@H](COP(=O)(O)O)OC(=O)CCCCCCC/C=C/CCCC. The Balaban J connectivity index is 4.13. The molecule has 0 radical (unpaired) electrons. The molecule has 2 N–H and O–H groups in total. The first-order chi connectivity index (χ1) is 21.3. The van der Waals surface area contributed by atoms with Gasteiger partial charge in [0.25, 0.3) is 0 Å². The first kappa shape index (κ1) is 41.8. The molecule has 0 spiro atoms. The molecule has 1 atom stereocenters. The minimum Gasteiger partial charge on any atom is -0.462 e. The van der Waals surface area contributed by atoms with Gasteiger partial charge in [-0.3, -0.25) is 14.1 Å². The van der Waals surface area contributed by atoms with Gasteiger partial charge >= 0.3 is 19.8 Å². The van der Waals surface area contributed by atoms with Gasteiger partial charge in [-0.2, -0.15) is 0 Å². The Morgan fingerprint density at radius 3 is 1.70 bits per heavy atom. The standard InChI is InChI=1S/C35H59O8P/c1-3-5-7-9-11-13-15-16-17-18-20-21-23-25-27-29-34(36)41-31-33(32-42-44(38,39)40)43-35(37)30-28-26-24-22-19-14-12-10-8-6-4-2/h5,7,10-13,16-17,20-21,33H,3-4,6,8-9,14-15,18-19,22-32H2,1-2H3,(H2,38,39,40)/b7-5+,12-10+,13-11+,17-16+,21-20+/t33-/m1/s1. The lowest BCUT2D eigenvalue weighted by Gasteiger charge is -2.18. The van der Waals surface area contributed by atoms with Gasteiger partial charge in [-0.05, 0) is 70.6 Å². The molecular weight excluding hydrogens is 579 g/mol. The second kappa shape index (κ2) is 30.8. The van der Waals surface area contributed by atoms with Crippen molar-refractivity contribution in [2.24, 2.45) is 0 Å². The maximum Gasteiger partial charge on any atom is 0.469 e. The molecule has 44 heavy (non-hydrogen) atoms. The predicted octanol–water partition coefficient (Wildman–Crippen LogP) is 9.39. The third-order valence-corrected chi connectivity index (χ3v) is 7.01. The Bertz CT molecular complexity index is 900. The van der Waals surface area contributed by atoms with Gasteiger partial charge in [0.1, 0.15) is 6.61 Å². The number of carbonyl (C=O) groups excluding carboxylic acids is 2. The second-order valence-corrected chi connectivity index (χ2v) is 12.0. The quantitative estimate of drug-likeness (QED) is 0.0360. The van der Waals surface area contributed by atoms with Crippen LogP contribution in [0.5, 0.6) is 0 Å². The number of carbonyl (C=O) groups is 2. The zero-order valence-electron chi connectivity index (χ0n) is 27.3. The van der Waals surface area contributed by atoms with E-state index >= 15 is 0 Å². The highest BCUT2D eigenvalue weighted by Crippen LogP contribution is 2.35. The molecule has 0 aromatic heterocycles. The van der Waals surface area contributed by atoms with Crippen molar-refractivity contribution in [2.45, 2.75) is 136 Å². The molecule has 0 aliphatic heterocycles. The molecule has 0 aliphatic carbocycles. The highest BCUT2D eigenvalue weighted by molar-refractivity contribution is 7.46. The van der Waals surface area contributed by atoms with E-state index < -0.39 is 32.5 Å². The van der Waals surface area contributed by atoms with Crippen LogP contribution >= 0.6 is 7.82 Å². The fraction of sp³-hybridized carbons (Fsp3) is 0.657. The van der Waals surface area contributed by atoms with Crippen molar-refractivity contribution in [3.63, 3.8) is 0 Å². The Kier molecular flexibility index (Phi) is 29.2. The van der Waals surface area contributed by atoms with Crippen LogP contribution in [0.3, 0.4) is 0 Å². The summed E-state index contributed by atoms with van der Waals surface area (Å²) in [6.45, 7) is 3.45. The first-order valence-electron chi connectivity index (χ1n) is 16.6. The van der Waals surface area contributed by atoms with Crippen molar-refractivity contribution in [1.82, 2.24) is 0 Å². The number of phosphoric ester groups is 1. The predicted molar refractivity (Wildman–Crippen MR) is 179 cm³/mol. The van der Waals surface area contributed by atoms with Crippen LogP contribution in [0.1, 0.15) is 129 Å². The van der Waals surface area contributed by atoms with Crippen molar-refractivity contribution in [3.05, 3.63) is 60.8 Å². The molecule has 252 valence electrons. The Morgan fingerprint density at radius 2 is 1.09 bits per heavy atom. The average Bonchev–Trinajstić information content (AvgIpc) is 2.98. The summed E-state index contributed by atoms with van der Waals surface area (Å²) in [5, 5.41) is 0. The number of allylic oxidation sites excluding steroid dienone is 10. The average molecular weight is 639 g/mol. The summed E-state index contributed by atoms with van der Waals surface area (Å²) in [6.07, 6.45) is 36.6. The van der Waals surface area contributed by atoms with E-state index in [0.717, 1.165) is 77.0 Å². The number of esters is 2. The molecule has 0 saturated carbocycles. The van der Waals surface area contributed by atoms with Crippen molar-refractivity contribution in [2.75, 3.05) is 13.2 Å². The van der Waals surface area contributed by atoms with Gasteiger partial charge in [0, 0.05) is 12.8 Å². The lowest BCUT2D eigenvalue weighted by Crippen LogP contribution is -2.29. The van der Waals surface area contributed by atoms with E-state index in [4.69, 9.17) is 19.3 Å². The van der Waals surface area contributed by atoms with Gasteiger partial charge in [-0.15, -0.1) is 0 Å². The van der Waals surface area contributed by atoms with Crippen molar-refractivity contribution in [1.29, 1.82) is 0 Å². The van der Waals surface area contributed by atoms with Gasteiger partial charge in [0.05, 0.1) is 6.61 Å². The highest BCUT2D eigenvalue weighted by atomic mass is 31.2. The number of hydrogen-bond acceptors (Lipinski definition) is 6. The Morgan fingerprint density at radius 1 is 0.614 bits per heavy atom. The molecule has 0 aromatic carbocycles. The maximum atomic E-state index is 12.3. The summed E-state index contributed by atoms with van der Waals surface area (Å²) >= 11 is 0. The van der Waals surface area contributed by atoms with E-state index in [1.807, 2.05) is 0 Å². The number of hydrogen-bond donors (Lipinski definition) is 2. The van der Waals surface area contributed by atoms with Gasteiger partial charge in [0.2, 0.25) is 0 Å². The van der Waals surface area contributed by atoms with Crippen LogP contribution in [0.15, 0.2) is 60.8 Å². The highest BCUT2D eigenvalue weighted by Gasteiger charge is 2.22. The normalized spacial score (nSPS) is 13.3. The van der Waals surface area contributed by atoms with Gasteiger partial charge in [-0.25, -0.2) is 4.57 Å². The number of ether oxygens (including phenoxy) is 2. The lowest BCUT2D eigenvalue weighted by molar-refractivity contribution is -0.161. The molecule has 0 saturated heterocycles. The zero-order valence-corrected chi connectivity index (χ0v) is 28.2. The molecular formula is C35H59O8P. The van der Waals surface area contributed by atoms with Gasteiger partial charge < -0.3 is 19.3 Å². The van der Waals surface area contributed by atoms with Crippen molar-refractivity contribution < 1.29 is 37.9 Å². The Hall–Kier alpha value is -2.25. The largest absolute Gasteiger partial charge is 0.469 e. The van der Waals surface area contributed by atoms with Crippen LogP contribution in [0.2, 0.25) is 0 Å². The van der Waals surface area contributed by atoms with E-state index in [-0.39, 0.29) is 19.4 Å². The number of phosphoric acid groups is 1.